The number of fused-ring (bicyclic) bond motifs is 10. The minimum absolute atomic E-state index is 0.940. The second kappa shape index (κ2) is 12.3. The predicted octanol–water partition coefficient (Wildman–Crippen LogP) is 13.2. The van der Waals surface area contributed by atoms with Crippen LogP contribution >= 0.6 is 0 Å². The molecule has 0 spiro atoms. The second-order valence-electron chi connectivity index (χ2n) is 13.0. The van der Waals surface area contributed by atoms with Crippen LogP contribution in [0.2, 0.25) is 0 Å². The van der Waals surface area contributed by atoms with Gasteiger partial charge in [0.2, 0.25) is 0 Å². The van der Waals surface area contributed by atoms with Crippen LogP contribution in [0.5, 0.6) is 0 Å². The van der Waals surface area contributed by atoms with Crippen molar-refractivity contribution in [2.24, 2.45) is 0 Å². The molecule has 0 saturated carbocycles. The first-order chi connectivity index (χ1) is 21.6. The van der Waals surface area contributed by atoms with Crippen LogP contribution in [0, 0.1) is 0 Å². The van der Waals surface area contributed by atoms with Crippen molar-refractivity contribution in [3.8, 4) is 0 Å². The molecule has 0 saturated heterocycles. The Morgan fingerprint density at radius 3 is 1.11 bits per heavy atom. The van der Waals surface area contributed by atoms with Gasteiger partial charge in [0, 0.05) is 21.5 Å². The van der Waals surface area contributed by atoms with Crippen molar-refractivity contribution in [1.82, 2.24) is 0 Å². The van der Waals surface area contributed by atoms with Crippen molar-refractivity contribution in [1.29, 1.82) is 0 Å². The fourth-order valence-corrected chi connectivity index (χ4v) is 7.37. The van der Waals surface area contributed by atoms with Gasteiger partial charge in [-0.2, -0.15) is 0 Å². The summed E-state index contributed by atoms with van der Waals surface area (Å²) in [6.45, 7) is 9.14. The number of hydrogen-bond donors (Lipinski definition) is 0. The summed E-state index contributed by atoms with van der Waals surface area (Å²) in [5.41, 5.74) is 9.84. The maximum absolute atomic E-state index is 6.61. The summed E-state index contributed by atoms with van der Waals surface area (Å²) in [4.78, 5) is 0. The summed E-state index contributed by atoms with van der Waals surface area (Å²) >= 11 is 0. The topological polar surface area (TPSA) is 26.3 Å². The molecule has 0 aliphatic heterocycles. The fraction of sp³-hybridized carbons (Fsp3) is 0.381. The van der Waals surface area contributed by atoms with Crippen molar-refractivity contribution in [3.05, 3.63) is 82.9 Å². The normalized spacial score (nSPS) is 12.3. The molecule has 7 aromatic rings. The highest BCUT2D eigenvalue weighted by molar-refractivity contribution is 6.25. The average molecular weight is 583 g/mol. The first kappa shape index (κ1) is 29.0. The highest BCUT2D eigenvalue weighted by Crippen LogP contribution is 2.42. The van der Waals surface area contributed by atoms with Crippen LogP contribution in [0.15, 0.2) is 69.5 Å². The Kier molecular flexibility index (Phi) is 8.10. The van der Waals surface area contributed by atoms with E-state index in [1.165, 1.54) is 106 Å². The maximum atomic E-state index is 6.61. The van der Waals surface area contributed by atoms with E-state index in [1.807, 2.05) is 0 Å². The molecule has 2 aromatic heterocycles. The number of aryl methyl sites for hydroxylation is 4. The van der Waals surface area contributed by atoms with E-state index in [2.05, 4.69) is 88.4 Å². The van der Waals surface area contributed by atoms with Crippen molar-refractivity contribution in [3.63, 3.8) is 0 Å². The SMILES string of the molecule is CCCCc1cc2ccc3oc4cc5c(cc4c3c2cc1CCCC)oc1ccc2cc(CCCC)c(CCCC)cc2c15. The van der Waals surface area contributed by atoms with Gasteiger partial charge in [0.1, 0.15) is 22.3 Å². The molecule has 0 aliphatic rings. The van der Waals surface area contributed by atoms with Crippen LogP contribution in [-0.4, -0.2) is 0 Å². The monoisotopic (exact) mass is 582 g/mol. The zero-order chi connectivity index (χ0) is 30.2. The van der Waals surface area contributed by atoms with E-state index < -0.39 is 0 Å². The van der Waals surface area contributed by atoms with Gasteiger partial charge in [-0.1, -0.05) is 89.8 Å². The third-order valence-corrected chi connectivity index (χ3v) is 9.86. The lowest BCUT2D eigenvalue weighted by Gasteiger charge is -2.12. The molecule has 0 radical (unpaired) electrons. The minimum Gasteiger partial charge on any atom is -0.456 e. The summed E-state index contributed by atoms with van der Waals surface area (Å²) in [7, 11) is 0. The van der Waals surface area contributed by atoms with Gasteiger partial charge < -0.3 is 8.83 Å². The summed E-state index contributed by atoms with van der Waals surface area (Å²) in [5.74, 6) is 0. The molecule has 0 bridgehead atoms. The molecule has 0 fully saturated rings. The van der Waals surface area contributed by atoms with E-state index in [0.717, 1.165) is 58.8 Å². The molecule has 7 rings (SSSR count). The van der Waals surface area contributed by atoms with Gasteiger partial charge in [0.15, 0.2) is 0 Å². The van der Waals surface area contributed by atoms with Gasteiger partial charge in [0.05, 0.1) is 0 Å². The van der Waals surface area contributed by atoms with Crippen molar-refractivity contribution < 1.29 is 8.83 Å². The summed E-state index contributed by atoms with van der Waals surface area (Å²) in [6, 6.07) is 23.2. The lowest BCUT2D eigenvalue weighted by atomic mass is 9.92. The third kappa shape index (κ3) is 5.07. The van der Waals surface area contributed by atoms with Gasteiger partial charge in [-0.3, -0.25) is 0 Å². The van der Waals surface area contributed by atoms with E-state index in [1.54, 1.807) is 0 Å². The van der Waals surface area contributed by atoms with E-state index in [0.29, 0.717) is 0 Å². The number of unbranched alkanes of at least 4 members (excludes halogenated alkanes) is 4. The van der Waals surface area contributed by atoms with Gasteiger partial charge in [-0.25, -0.2) is 0 Å². The van der Waals surface area contributed by atoms with Crippen LogP contribution in [0.4, 0.5) is 0 Å². The van der Waals surface area contributed by atoms with Crippen LogP contribution in [0.25, 0.3) is 65.4 Å². The summed E-state index contributed by atoms with van der Waals surface area (Å²) in [6.07, 6.45) is 14.4. The number of furan rings is 2. The Morgan fingerprint density at radius 2 is 0.750 bits per heavy atom. The van der Waals surface area contributed by atoms with Crippen molar-refractivity contribution in [2.45, 2.75) is 105 Å². The zero-order valence-electron chi connectivity index (χ0n) is 27.1. The molecule has 2 nitrogen and oxygen atoms in total. The third-order valence-electron chi connectivity index (χ3n) is 9.86. The average Bonchev–Trinajstić information content (AvgIpc) is 3.60. The molecular weight excluding hydrogens is 536 g/mol. The second-order valence-corrected chi connectivity index (χ2v) is 13.0. The number of benzene rings is 5. The minimum atomic E-state index is 0.940. The number of rotatable bonds is 12. The van der Waals surface area contributed by atoms with E-state index in [-0.39, 0.29) is 0 Å². The zero-order valence-corrected chi connectivity index (χ0v) is 27.1. The maximum Gasteiger partial charge on any atom is 0.136 e. The van der Waals surface area contributed by atoms with Crippen LogP contribution in [0.3, 0.4) is 0 Å². The first-order valence-electron chi connectivity index (χ1n) is 17.3. The quantitative estimate of drug-likeness (QED) is 0.143. The Balaban J connectivity index is 1.44. The fourth-order valence-electron chi connectivity index (χ4n) is 7.37. The Labute approximate surface area is 261 Å². The van der Waals surface area contributed by atoms with Gasteiger partial charge in [0.25, 0.3) is 0 Å². The number of hydrogen-bond acceptors (Lipinski definition) is 2. The van der Waals surface area contributed by atoms with Gasteiger partial charge in [-0.05, 0) is 119 Å². The van der Waals surface area contributed by atoms with Gasteiger partial charge >= 0.3 is 0 Å². The van der Waals surface area contributed by atoms with E-state index in [4.69, 9.17) is 8.83 Å². The van der Waals surface area contributed by atoms with Gasteiger partial charge in [-0.15, -0.1) is 0 Å². The van der Waals surface area contributed by atoms with E-state index >= 15 is 0 Å². The largest absolute Gasteiger partial charge is 0.456 e. The molecule has 0 amide bonds. The molecule has 0 unspecified atom stereocenters. The first-order valence-corrected chi connectivity index (χ1v) is 17.3. The highest BCUT2D eigenvalue weighted by Gasteiger charge is 2.18. The molecule has 0 N–H and O–H groups in total. The smallest absolute Gasteiger partial charge is 0.136 e. The van der Waals surface area contributed by atoms with Crippen LogP contribution < -0.4 is 0 Å². The standard InChI is InChI=1S/C42H46O2/c1-5-9-13-27-21-31-17-19-37-41(33(31)23-29(27)15-11-7-3)35-25-40-36(26-39(35)43-37)42-34-24-30(16-12-8-4)28(14-10-6-2)22-32(34)18-20-38(42)44-40/h17-26H,5-16H2,1-4H3. The highest BCUT2D eigenvalue weighted by atomic mass is 16.3. The molecule has 226 valence electrons. The molecule has 0 aliphatic carbocycles. The predicted molar refractivity (Wildman–Crippen MR) is 190 cm³/mol. The van der Waals surface area contributed by atoms with Crippen molar-refractivity contribution in [2.75, 3.05) is 0 Å². The van der Waals surface area contributed by atoms with Crippen LogP contribution in [-0.2, 0) is 25.7 Å². The lowest BCUT2D eigenvalue weighted by molar-refractivity contribution is 0.664. The van der Waals surface area contributed by atoms with Crippen LogP contribution in [0.1, 0.15) is 101 Å². The molecule has 44 heavy (non-hydrogen) atoms. The summed E-state index contributed by atoms with van der Waals surface area (Å²) < 4.78 is 13.2. The molecule has 0 atom stereocenters. The Bertz CT molecular complexity index is 1970. The molecule has 2 heterocycles. The Morgan fingerprint density at radius 1 is 0.386 bits per heavy atom. The molecule has 5 aromatic carbocycles. The summed E-state index contributed by atoms with van der Waals surface area (Å²) in [5, 5.41) is 9.94. The molecule has 2 heteroatoms. The Hall–Kier alpha value is -3.78. The lowest BCUT2D eigenvalue weighted by Crippen LogP contribution is -1.96. The van der Waals surface area contributed by atoms with Crippen molar-refractivity contribution >= 4 is 65.4 Å². The molecular formula is C42H46O2. The van der Waals surface area contributed by atoms with E-state index in [9.17, 15) is 0 Å².